The maximum atomic E-state index is 11.9. The lowest BCUT2D eigenvalue weighted by molar-refractivity contribution is -0.157. The molecule has 17 heavy (non-hydrogen) atoms. The second-order valence-electron chi connectivity index (χ2n) is 5.74. The zero-order chi connectivity index (χ0) is 13.7. The van der Waals surface area contributed by atoms with Gasteiger partial charge in [-0.05, 0) is 47.0 Å². The molecule has 0 fully saturated rings. The minimum Gasteiger partial charge on any atom is -0.459 e. The van der Waals surface area contributed by atoms with Crippen LogP contribution in [0.3, 0.4) is 0 Å². The second-order valence-corrected chi connectivity index (χ2v) is 5.74. The Balaban J connectivity index is 4.51. The highest BCUT2D eigenvalue weighted by molar-refractivity contribution is 5.75. The molecule has 102 valence electrons. The molecular formula is C14H29NO2. The Morgan fingerprint density at radius 1 is 1.12 bits per heavy atom. The first-order valence-corrected chi connectivity index (χ1v) is 6.70. The number of hydrogen-bond acceptors (Lipinski definition) is 3. The fraction of sp³-hybridized carbons (Fsp3) is 0.929. The molecule has 0 aromatic rings. The van der Waals surface area contributed by atoms with Crippen molar-refractivity contribution < 1.29 is 9.53 Å². The summed E-state index contributed by atoms with van der Waals surface area (Å²) >= 11 is 0. The van der Waals surface area contributed by atoms with E-state index in [-0.39, 0.29) is 17.6 Å². The summed E-state index contributed by atoms with van der Waals surface area (Å²) in [6.07, 6.45) is 3.06. The third-order valence-corrected chi connectivity index (χ3v) is 3.31. The average Bonchev–Trinajstić information content (AvgIpc) is 2.23. The first kappa shape index (κ1) is 16.4. The van der Waals surface area contributed by atoms with Gasteiger partial charge in [-0.25, -0.2) is 0 Å². The summed E-state index contributed by atoms with van der Waals surface area (Å²) < 4.78 is 5.38. The summed E-state index contributed by atoms with van der Waals surface area (Å²) in [5, 5.41) is 3.43. The van der Waals surface area contributed by atoms with E-state index in [4.69, 9.17) is 4.74 Å². The van der Waals surface area contributed by atoms with E-state index in [0.29, 0.717) is 0 Å². The maximum Gasteiger partial charge on any atom is 0.323 e. The van der Waals surface area contributed by atoms with Crippen molar-refractivity contribution in [1.82, 2.24) is 5.32 Å². The van der Waals surface area contributed by atoms with Gasteiger partial charge in [-0.3, -0.25) is 10.1 Å². The molecule has 1 atom stereocenters. The van der Waals surface area contributed by atoms with Crippen molar-refractivity contribution in [2.45, 2.75) is 84.9 Å². The van der Waals surface area contributed by atoms with Crippen LogP contribution < -0.4 is 5.32 Å². The van der Waals surface area contributed by atoms with Gasteiger partial charge < -0.3 is 4.74 Å². The summed E-state index contributed by atoms with van der Waals surface area (Å²) in [6.45, 7) is 14.0. The third kappa shape index (κ3) is 5.53. The first-order chi connectivity index (χ1) is 7.69. The van der Waals surface area contributed by atoms with E-state index in [9.17, 15) is 4.79 Å². The summed E-state index contributed by atoms with van der Waals surface area (Å²) in [5.41, 5.74) is -0.364. The largest absolute Gasteiger partial charge is 0.459 e. The van der Waals surface area contributed by atoms with Crippen LogP contribution in [0.25, 0.3) is 0 Å². The second kappa shape index (κ2) is 6.39. The Morgan fingerprint density at radius 2 is 1.53 bits per heavy atom. The van der Waals surface area contributed by atoms with E-state index in [1.54, 1.807) is 0 Å². The fourth-order valence-electron chi connectivity index (χ4n) is 1.96. The van der Waals surface area contributed by atoms with E-state index in [2.05, 4.69) is 26.1 Å². The van der Waals surface area contributed by atoms with Crippen molar-refractivity contribution in [3.8, 4) is 0 Å². The molecule has 0 radical (unpaired) electrons. The Labute approximate surface area is 106 Å². The summed E-state index contributed by atoms with van der Waals surface area (Å²) in [7, 11) is 0. The van der Waals surface area contributed by atoms with Crippen molar-refractivity contribution in [1.29, 1.82) is 0 Å². The van der Waals surface area contributed by atoms with Gasteiger partial charge in [0.2, 0.25) is 0 Å². The predicted octanol–water partition coefficient (Wildman–Crippen LogP) is 3.28. The van der Waals surface area contributed by atoms with Gasteiger partial charge in [0.15, 0.2) is 0 Å². The number of carbonyl (C=O) groups is 1. The zero-order valence-corrected chi connectivity index (χ0v) is 12.5. The molecule has 0 bridgehead atoms. The van der Waals surface area contributed by atoms with Crippen LogP contribution in [0.1, 0.15) is 67.7 Å². The van der Waals surface area contributed by atoms with Gasteiger partial charge in [0.05, 0.1) is 0 Å². The van der Waals surface area contributed by atoms with Crippen LogP contribution in [0.15, 0.2) is 0 Å². The van der Waals surface area contributed by atoms with E-state index < -0.39 is 5.60 Å². The Hall–Kier alpha value is -0.570. The molecule has 0 aliphatic carbocycles. The third-order valence-electron chi connectivity index (χ3n) is 3.31. The lowest BCUT2D eigenvalue weighted by atomic mass is 9.89. The molecule has 0 aliphatic heterocycles. The average molecular weight is 243 g/mol. The van der Waals surface area contributed by atoms with Gasteiger partial charge in [-0.15, -0.1) is 0 Å². The topological polar surface area (TPSA) is 38.3 Å². The molecule has 0 rings (SSSR count). The highest BCUT2D eigenvalue weighted by Gasteiger charge is 2.30. The zero-order valence-electron chi connectivity index (χ0n) is 12.5. The van der Waals surface area contributed by atoms with Crippen molar-refractivity contribution in [3.05, 3.63) is 0 Å². The van der Waals surface area contributed by atoms with Crippen LogP contribution in [-0.4, -0.2) is 23.2 Å². The monoisotopic (exact) mass is 243 g/mol. The molecule has 0 amide bonds. The first-order valence-electron chi connectivity index (χ1n) is 6.70. The smallest absolute Gasteiger partial charge is 0.323 e. The summed E-state index contributed by atoms with van der Waals surface area (Å²) in [6, 6.07) is -0.255. The number of rotatable bonds is 6. The van der Waals surface area contributed by atoms with E-state index in [1.807, 2.05) is 27.7 Å². The molecule has 3 nitrogen and oxygen atoms in total. The van der Waals surface area contributed by atoms with Crippen LogP contribution >= 0.6 is 0 Å². The Bertz CT molecular complexity index is 231. The highest BCUT2D eigenvalue weighted by Crippen LogP contribution is 2.20. The van der Waals surface area contributed by atoms with Crippen LogP contribution in [0.5, 0.6) is 0 Å². The molecule has 0 saturated heterocycles. The van der Waals surface area contributed by atoms with Crippen molar-refractivity contribution in [2.24, 2.45) is 0 Å². The van der Waals surface area contributed by atoms with Gasteiger partial charge in [-0.1, -0.05) is 20.8 Å². The van der Waals surface area contributed by atoms with Crippen LogP contribution in [-0.2, 0) is 9.53 Å². The van der Waals surface area contributed by atoms with Gasteiger partial charge in [0, 0.05) is 5.54 Å². The molecule has 0 aromatic carbocycles. The lowest BCUT2D eigenvalue weighted by Crippen LogP contribution is -2.52. The van der Waals surface area contributed by atoms with E-state index in [0.717, 1.165) is 19.3 Å². The summed E-state index contributed by atoms with van der Waals surface area (Å²) in [5.74, 6) is -0.169. The Kier molecular flexibility index (Phi) is 6.17. The molecule has 1 unspecified atom stereocenters. The fourth-order valence-corrected chi connectivity index (χ4v) is 1.96. The molecule has 0 saturated carbocycles. The molecule has 1 N–H and O–H groups in total. The number of carbonyl (C=O) groups excluding carboxylic acids is 1. The van der Waals surface area contributed by atoms with Gasteiger partial charge in [0.25, 0.3) is 0 Å². The molecule has 0 spiro atoms. The van der Waals surface area contributed by atoms with Gasteiger partial charge in [0.1, 0.15) is 11.6 Å². The number of ether oxygens (including phenoxy) is 1. The van der Waals surface area contributed by atoms with Gasteiger partial charge >= 0.3 is 5.97 Å². The molecular weight excluding hydrogens is 214 g/mol. The highest BCUT2D eigenvalue weighted by atomic mass is 16.6. The summed E-state index contributed by atoms with van der Waals surface area (Å²) in [4.78, 5) is 11.9. The van der Waals surface area contributed by atoms with Gasteiger partial charge in [-0.2, -0.15) is 0 Å². The van der Waals surface area contributed by atoms with E-state index >= 15 is 0 Å². The minimum absolute atomic E-state index is 0.0519. The molecule has 3 heteroatoms. The van der Waals surface area contributed by atoms with Crippen LogP contribution in [0.4, 0.5) is 0 Å². The van der Waals surface area contributed by atoms with Crippen molar-refractivity contribution in [3.63, 3.8) is 0 Å². The standard InChI is InChI=1S/C14H29NO2/c1-8-14(9-2,10-3)15-11(4)12(16)17-13(5,6)7/h11,15H,8-10H2,1-7H3. The number of nitrogens with one attached hydrogen (secondary N) is 1. The number of hydrogen-bond donors (Lipinski definition) is 1. The van der Waals surface area contributed by atoms with Crippen LogP contribution in [0, 0.1) is 0 Å². The molecule has 0 aliphatic rings. The minimum atomic E-state index is -0.416. The van der Waals surface area contributed by atoms with Crippen molar-refractivity contribution in [2.75, 3.05) is 0 Å². The Morgan fingerprint density at radius 3 is 1.82 bits per heavy atom. The normalized spacial score (nSPS) is 14.5. The molecule has 0 heterocycles. The lowest BCUT2D eigenvalue weighted by Gasteiger charge is -2.35. The predicted molar refractivity (Wildman–Crippen MR) is 72.0 cm³/mol. The van der Waals surface area contributed by atoms with Crippen LogP contribution in [0.2, 0.25) is 0 Å². The maximum absolute atomic E-state index is 11.9. The van der Waals surface area contributed by atoms with E-state index in [1.165, 1.54) is 0 Å². The number of esters is 1. The quantitative estimate of drug-likeness (QED) is 0.728. The SMILES string of the molecule is CCC(CC)(CC)NC(C)C(=O)OC(C)(C)C. The van der Waals surface area contributed by atoms with Crippen molar-refractivity contribution >= 4 is 5.97 Å². The molecule has 0 aromatic heterocycles.